The van der Waals surface area contributed by atoms with Gasteiger partial charge in [-0.15, -0.1) is 11.3 Å². The first-order valence-corrected chi connectivity index (χ1v) is 5.36. The summed E-state index contributed by atoms with van der Waals surface area (Å²) in [6.45, 7) is 0. The molecule has 2 rings (SSSR count). The van der Waals surface area contributed by atoms with E-state index in [0.29, 0.717) is 5.01 Å². The van der Waals surface area contributed by atoms with Crippen molar-refractivity contribution in [3.63, 3.8) is 0 Å². The third-order valence-corrected chi connectivity index (χ3v) is 2.83. The van der Waals surface area contributed by atoms with Gasteiger partial charge in [-0.1, -0.05) is 35.5 Å². The molecule has 5 heteroatoms. The van der Waals surface area contributed by atoms with Crippen LogP contribution in [0.1, 0.15) is 5.01 Å². The van der Waals surface area contributed by atoms with E-state index in [4.69, 9.17) is 10.5 Å². The second-order valence-corrected chi connectivity index (χ2v) is 3.82. The molecule has 4 nitrogen and oxygen atoms in total. The standard InChI is InChI=1S/C11H7N3OS/c12-6-9(14-15)11-13-10(7-16-11)8-4-2-1-3-5-8/h1-5,7,15H. The van der Waals surface area contributed by atoms with Crippen LogP contribution in [-0.2, 0) is 0 Å². The lowest BCUT2D eigenvalue weighted by molar-refractivity contribution is 0.320. The SMILES string of the molecule is N#CC(=NO)c1nc(-c2ccccc2)cs1. The molecule has 0 radical (unpaired) electrons. The Morgan fingerprint density at radius 1 is 1.38 bits per heavy atom. The van der Waals surface area contributed by atoms with Gasteiger partial charge in [-0.2, -0.15) is 5.26 Å². The van der Waals surface area contributed by atoms with E-state index < -0.39 is 0 Å². The number of thiazole rings is 1. The van der Waals surface area contributed by atoms with Crippen LogP contribution >= 0.6 is 11.3 Å². The molecule has 0 aliphatic carbocycles. The van der Waals surface area contributed by atoms with E-state index in [0.717, 1.165) is 11.3 Å². The molecule has 0 spiro atoms. The fourth-order valence-electron chi connectivity index (χ4n) is 1.24. The van der Waals surface area contributed by atoms with E-state index in [1.807, 2.05) is 35.7 Å². The Kier molecular flexibility index (Phi) is 2.94. The van der Waals surface area contributed by atoms with Gasteiger partial charge in [0.15, 0.2) is 5.01 Å². The first-order valence-electron chi connectivity index (χ1n) is 4.48. The van der Waals surface area contributed by atoms with Crippen LogP contribution in [0.3, 0.4) is 0 Å². The third-order valence-electron chi connectivity index (χ3n) is 1.98. The number of aromatic nitrogens is 1. The van der Waals surface area contributed by atoms with Crippen LogP contribution in [0.5, 0.6) is 0 Å². The number of nitrogens with zero attached hydrogens (tertiary/aromatic N) is 3. The molecule has 1 N–H and O–H groups in total. The second-order valence-electron chi connectivity index (χ2n) is 2.96. The summed E-state index contributed by atoms with van der Waals surface area (Å²) in [4.78, 5) is 4.23. The first kappa shape index (κ1) is 10.3. The smallest absolute Gasteiger partial charge is 0.215 e. The molecule has 78 valence electrons. The zero-order valence-corrected chi connectivity index (χ0v) is 8.98. The minimum atomic E-state index is -0.0628. The van der Waals surface area contributed by atoms with Crippen LogP contribution < -0.4 is 0 Å². The normalized spacial score (nSPS) is 11.1. The summed E-state index contributed by atoms with van der Waals surface area (Å²) in [7, 11) is 0. The highest BCUT2D eigenvalue weighted by Crippen LogP contribution is 2.21. The van der Waals surface area contributed by atoms with Crippen LogP contribution in [0.4, 0.5) is 0 Å². The number of rotatable bonds is 2. The lowest BCUT2D eigenvalue weighted by atomic mass is 10.2. The van der Waals surface area contributed by atoms with E-state index in [1.54, 1.807) is 6.07 Å². The number of hydrogen-bond donors (Lipinski definition) is 1. The van der Waals surface area contributed by atoms with Gasteiger partial charge in [0.25, 0.3) is 0 Å². The molecular formula is C11H7N3OS. The average Bonchev–Trinajstić information content (AvgIpc) is 2.81. The predicted molar refractivity (Wildman–Crippen MR) is 61.5 cm³/mol. The van der Waals surface area contributed by atoms with Gasteiger partial charge in [-0.05, 0) is 0 Å². The predicted octanol–water partition coefficient (Wildman–Crippen LogP) is 2.51. The van der Waals surface area contributed by atoms with E-state index in [9.17, 15) is 0 Å². The summed E-state index contributed by atoms with van der Waals surface area (Å²) in [5.41, 5.74) is 1.68. The molecule has 16 heavy (non-hydrogen) atoms. The van der Waals surface area contributed by atoms with Crippen molar-refractivity contribution in [2.75, 3.05) is 0 Å². The van der Waals surface area contributed by atoms with Crippen LogP contribution in [0.25, 0.3) is 11.3 Å². The fraction of sp³-hybridized carbons (Fsp3) is 0. The van der Waals surface area contributed by atoms with Crippen LogP contribution in [0.15, 0.2) is 40.9 Å². The van der Waals surface area contributed by atoms with Crippen molar-refractivity contribution in [1.82, 2.24) is 4.98 Å². The summed E-state index contributed by atoms with van der Waals surface area (Å²) in [6, 6.07) is 11.4. The summed E-state index contributed by atoms with van der Waals surface area (Å²) in [5, 5.41) is 22.4. The molecule has 1 aromatic heterocycles. The Balaban J connectivity index is 2.38. The summed E-state index contributed by atoms with van der Waals surface area (Å²) in [6.07, 6.45) is 0. The first-order chi connectivity index (χ1) is 7.85. The molecule has 0 saturated carbocycles. The number of nitriles is 1. The number of oxime groups is 1. The van der Waals surface area contributed by atoms with Crippen LogP contribution in [0, 0.1) is 11.3 Å². The largest absolute Gasteiger partial charge is 0.410 e. The second kappa shape index (κ2) is 4.55. The van der Waals surface area contributed by atoms with Crippen LogP contribution in [-0.4, -0.2) is 15.9 Å². The van der Waals surface area contributed by atoms with E-state index >= 15 is 0 Å². The molecule has 1 aromatic carbocycles. The van der Waals surface area contributed by atoms with Crippen molar-refractivity contribution in [3.8, 4) is 17.3 Å². The highest BCUT2D eigenvalue weighted by atomic mass is 32.1. The van der Waals surface area contributed by atoms with Crippen molar-refractivity contribution >= 4 is 17.0 Å². The molecule has 0 amide bonds. The third kappa shape index (κ3) is 1.92. The van der Waals surface area contributed by atoms with Crippen LogP contribution in [0.2, 0.25) is 0 Å². The minimum Gasteiger partial charge on any atom is -0.410 e. The Morgan fingerprint density at radius 3 is 2.75 bits per heavy atom. The molecule has 0 bridgehead atoms. The maximum absolute atomic E-state index is 8.69. The number of hydrogen-bond acceptors (Lipinski definition) is 5. The van der Waals surface area contributed by atoms with Crippen molar-refractivity contribution < 1.29 is 5.21 Å². The van der Waals surface area contributed by atoms with E-state index in [-0.39, 0.29) is 5.71 Å². The topological polar surface area (TPSA) is 69.3 Å². The van der Waals surface area contributed by atoms with Gasteiger partial charge in [-0.3, -0.25) is 0 Å². The van der Waals surface area contributed by atoms with Gasteiger partial charge < -0.3 is 5.21 Å². The fourth-order valence-corrected chi connectivity index (χ4v) is 2.00. The molecule has 0 saturated heterocycles. The molecule has 1 heterocycles. The average molecular weight is 229 g/mol. The Bertz CT molecular complexity index is 554. The van der Waals surface area contributed by atoms with E-state index in [2.05, 4.69) is 10.1 Å². The molecular weight excluding hydrogens is 222 g/mol. The van der Waals surface area contributed by atoms with Gasteiger partial charge in [-0.25, -0.2) is 4.98 Å². The van der Waals surface area contributed by atoms with Gasteiger partial charge >= 0.3 is 0 Å². The van der Waals surface area contributed by atoms with Gasteiger partial charge in [0, 0.05) is 10.9 Å². The molecule has 2 aromatic rings. The maximum Gasteiger partial charge on any atom is 0.215 e. The summed E-state index contributed by atoms with van der Waals surface area (Å²) < 4.78 is 0. The maximum atomic E-state index is 8.69. The summed E-state index contributed by atoms with van der Waals surface area (Å²) in [5.74, 6) is 0. The Morgan fingerprint density at radius 2 is 2.12 bits per heavy atom. The van der Waals surface area contributed by atoms with Gasteiger partial charge in [0.1, 0.15) is 6.07 Å². The molecule has 0 unspecified atom stereocenters. The van der Waals surface area contributed by atoms with Crippen molar-refractivity contribution in [2.45, 2.75) is 0 Å². The van der Waals surface area contributed by atoms with Gasteiger partial charge in [0.05, 0.1) is 5.69 Å². The van der Waals surface area contributed by atoms with Crippen molar-refractivity contribution in [2.24, 2.45) is 5.16 Å². The monoisotopic (exact) mass is 229 g/mol. The summed E-state index contributed by atoms with van der Waals surface area (Å²) >= 11 is 1.28. The Labute approximate surface area is 96.1 Å². The zero-order valence-electron chi connectivity index (χ0n) is 8.16. The lowest BCUT2D eigenvalue weighted by Gasteiger charge is -1.93. The quantitative estimate of drug-likeness (QED) is 0.488. The minimum absolute atomic E-state index is 0.0628. The van der Waals surface area contributed by atoms with Gasteiger partial charge in [0.2, 0.25) is 5.71 Å². The zero-order chi connectivity index (χ0) is 11.4. The van der Waals surface area contributed by atoms with E-state index in [1.165, 1.54) is 11.3 Å². The highest BCUT2D eigenvalue weighted by molar-refractivity contribution is 7.12. The Hall–Kier alpha value is -2.19. The molecule has 0 aliphatic rings. The number of benzene rings is 1. The molecule has 0 atom stereocenters. The molecule has 0 fully saturated rings. The molecule has 0 aliphatic heterocycles. The highest BCUT2D eigenvalue weighted by Gasteiger charge is 2.09. The lowest BCUT2D eigenvalue weighted by Crippen LogP contribution is -1.95. The van der Waals surface area contributed by atoms with Crippen molar-refractivity contribution in [1.29, 1.82) is 5.26 Å². The van der Waals surface area contributed by atoms with Crippen molar-refractivity contribution in [3.05, 3.63) is 40.7 Å².